The molecule has 130 valence electrons. The van der Waals surface area contributed by atoms with Gasteiger partial charge in [0.2, 0.25) is 0 Å². The smallest absolute Gasteiger partial charge is 0.422 e. The quantitative estimate of drug-likeness (QED) is 0.451. The Balaban J connectivity index is 2.68. The summed E-state index contributed by atoms with van der Waals surface area (Å²) in [6.45, 7) is 1.59. The molecule has 1 aromatic carbocycles. The molecule has 0 fully saturated rings. The first kappa shape index (κ1) is 19.5. The van der Waals surface area contributed by atoms with Crippen LogP contribution in [0.1, 0.15) is 11.1 Å². The first-order chi connectivity index (χ1) is 10.9. The molecule has 1 rings (SSSR count). The fourth-order valence-corrected chi connectivity index (χ4v) is 2.08. The van der Waals surface area contributed by atoms with Gasteiger partial charge in [0.15, 0.2) is 12.6 Å². The molecule has 4 nitrogen and oxygen atoms in total. The third-order valence-corrected chi connectivity index (χ3v) is 3.49. The maximum absolute atomic E-state index is 12.3. The van der Waals surface area contributed by atoms with Gasteiger partial charge in [-0.2, -0.15) is 24.9 Å². The minimum absolute atomic E-state index is 0.231. The summed E-state index contributed by atoms with van der Waals surface area (Å²) in [5, 5.41) is 6.19. The monoisotopic (exact) mass is 349 g/mol. The van der Waals surface area contributed by atoms with Gasteiger partial charge < -0.3 is 15.4 Å². The van der Waals surface area contributed by atoms with Gasteiger partial charge in [-0.25, -0.2) is 0 Å². The van der Waals surface area contributed by atoms with Crippen LogP contribution in [0.25, 0.3) is 0 Å². The number of nitrogens with zero attached hydrogens (tertiary/aromatic N) is 1. The minimum Gasteiger partial charge on any atom is -0.484 e. The Kier molecular flexibility index (Phi) is 8.08. The van der Waals surface area contributed by atoms with E-state index in [0.717, 1.165) is 17.9 Å². The van der Waals surface area contributed by atoms with Crippen molar-refractivity contribution >= 4 is 17.7 Å². The fraction of sp³-hybridized carbons (Fsp3) is 0.533. The number of halogens is 3. The zero-order valence-electron chi connectivity index (χ0n) is 13.5. The lowest BCUT2D eigenvalue weighted by Crippen LogP contribution is -2.38. The molecule has 0 radical (unpaired) electrons. The van der Waals surface area contributed by atoms with Crippen LogP contribution in [0.5, 0.6) is 5.75 Å². The van der Waals surface area contributed by atoms with Crippen molar-refractivity contribution in [2.24, 2.45) is 4.99 Å². The van der Waals surface area contributed by atoms with E-state index in [1.165, 1.54) is 0 Å². The average Bonchev–Trinajstić information content (AvgIpc) is 2.49. The molecule has 8 heteroatoms. The van der Waals surface area contributed by atoms with E-state index in [9.17, 15) is 13.2 Å². The summed E-state index contributed by atoms with van der Waals surface area (Å²) in [5.41, 5.74) is 1.49. The Labute approximate surface area is 138 Å². The highest BCUT2D eigenvalue weighted by Gasteiger charge is 2.28. The summed E-state index contributed by atoms with van der Waals surface area (Å²) in [4.78, 5) is 4.07. The lowest BCUT2D eigenvalue weighted by atomic mass is 10.1. The van der Waals surface area contributed by atoms with Gasteiger partial charge in [-0.05, 0) is 24.8 Å². The van der Waals surface area contributed by atoms with Gasteiger partial charge in [-0.3, -0.25) is 4.99 Å². The zero-order chi connectivity index (χ0) is 17.3. The average molecular weight is 349 g/mol. The third kappa shape index (κ3) is 8.01. The van der Waals surface area contributed by atoms with E-state index >= 15 is 0 Å². The lowest BCUT2D eigenvalue weighted by molar-refractivity contribution is -0.153. The molecule has 0 saturated heterocycles. The Morgan fingerprint density at radius 3 is 2.65 bits per heavy atom. The number of hydrogen-bond acceptors (Lipinski definition) is 3. The number of aliphatic imine (C=N–C) groups is 1. The van der Waals surface area contributed by atoms with Crippen molar-refractivity contribution in [1.82, 2.24) is 10.6 Å². The molecule has 0 heterocycles. The Morgan fingerprint density at radius 2 is 2.04 bits per heavy atom. The van der Waals surface area contributed by atoms with Crippen LogP contribution in [-0.2, 0) is 6.54 Å². The van der Waals surface area contributed by atoms with Gasteiger partial charge in [-0.1, -0.05) is 12.1 Å². The third-order valence-electron chi connectivity index (χ3n) is 2.88. The van der Waals surface area contributed by atoms with Crippen molar-refractivity contribution in [3.8, 4) is 5.75 Å². The molecule has 0 atom stereocenters. The van der Waals surface area contributed by atoms with Gasteiger partial charge in [0.1, 0.15) is 5.75 Å². The number of nitrogens with one attached hydrogen (secondary N) is 2. The second kappa shape index (κ2) is 9.54. The topological polar surface area (TPSA) is 45.7 Å². The number of alkyl halides is 3. The molecule has 0 saturated carbocycles. The summed E-state index contributed by atoms with van der Waals surface area (Å²) < 4.78 is 41.9. The molecule has 0 aliphatic heterocycles. The van der Waals surface area contributed by atoms with Crippen LogP contribution in [0.15, 0.2) is 23.2 Å². The maximum atomic E-state index is 12.3. The van der Waals surface area contributed by atoms with Crippen LogP contribution in [-0.4, -0.2) is 44.3 Å². The van der Waals surface area contributed by atoms with E-state index in [2.05, 4.69) is 15.6 Å². The molecule has 1 aromatic rings. The molecule has 23 heavy (non-hydrogen) atoms. The zero-order valence-corrected chi connectivity index (χ0v) is 14.3. The van der Waals surface area contributed by atoms with Gasteiger partial charge in [0.05, 0.1) is 0 Å². The summed E-state index contributed by atoms with van der Waals surface area (Å²) in [5.74, 6) is 1.77. The number of benzene rings is 1. The van der Waals surface area contributed by atoms with Crippen LogP contribution in [0, 0.1) is 6.92 Å². The van der Waals surface area contributed by atoms with Crippen LogP contribution >= 0.6 is 11.8 Å². The maximum Gasteiger partial charge on any atom is 0.422 e. The van der Waals surface area contributed by atoms with E-state index in [1.807, 2.05) is 12.3 Å². The summed E-state index contributed by atoms with van der Waals surface area (Å²) in [7, 11) is 1.64. The molecule has 0 aromatic heterocycles. The largest absolute Gasteiger partial charge is 0.484 e. The van der Waals surface area contributed by atoms with Crippen LogP contribution in [0.3, 0.4) is 0 Å². The van der Waals surface area contributed by atoms with Crippen LogP contribution in [0.4, 0.5) is 13.2 Å². The van der Waals surface area contributed by atoms with Crippen molar-refractivity contribution in [2.75, 3.05) is 32.2 Å². The van der Waals surface area contributed by atoms with E-state index in [-0.39, 0.29) is 5.75 Å². The molecule has 0 bridgehead atoms. The predicted octanol–water partition coefficient (Wildman–Crippen LogP) is 2.96. The Hall–Kier alpha value is -1.57. The Bertz CT molecular complexity index is 521. The number of hydrogen-bond donors (Lipinski definition) is 2. The van der Waals surface area contributed by atoms with Crippen molar-refractivity contribution in [3.63, 3.8) is 0 Å². The SMILES string of the molecule is CN=C(NCCSC)NCc1ccc(C)cc1OCC(F)(F)F. The molecular weight excluding hydrogens is 327 g/mol. The van der Waals surface area contributed by atoms with Gasteiger partial charge in [0, 0.05) is 31.5 Å². The van der Waals surface area contributed by atoms with Crippen LogP contribution < -0.4 is 15.4 Å². The van der Waals surface area contributed by atoms with Crippen molar-refractivity contribution < 1.29 is 17.9 Å². The second-order valence-corrected chi connectivity index (χ2v) is 5.85. The van der Waals surface area contributed by atoms with Crippen LogP contribution in [0.2, 0.25) is 0 Å². The lowest BCUT2D eigenvalue weighted by Gasteiger charge is -2.16. The first-order valence-corrected chi connectivity index (χ1v) is 8.47. The Morgan fingerprint density at radius 1 is 1.30 bits per heavy atom. The van der Waals surface area contributed by atoms with Gasteiger partial charge in [-0.15, -0.1) is 0 Å². The van der Waals surface area contributed by atoms with E-state index in [4.69, 9.17) is 4.74 Å². The molecule has 0 aliphatic rings. The van der Waals surface area contributed by atoms with Crippen molar-refractivity contribution in [1.29, 1.82) is 0 Å². The minimum atomic E-state index is -4.36. The highest BCUT2D eigenvalue weighted by molar-refractivity contribution is 7.98. The number of ether oxygens (including phenoxy) is 1. The molecule has 0 aliphatic carbocycles. The molecule has 2 N–H and O–H groups in total. The van der Waals surface area contributed by atoms with Gasteiger partial charge in [0.25, 0.3) is 0 Å². The van der Waals surface area contributed by atoms with Crippen molar-refractivity contribution in [3.05, 3.63) is 29.3 Å². The number of rotatable bonds is 7. The normalized spacial score (nSPS) is 12.2. The predicted molar refractivity (Wildman–Crippen MR) is 89.3 cm³/mol. The molecule has 0 spiro atoms. The summed E-state index contributed by atoms with van der Waals surface area (Å²) >= 11 is 1.71. The summed E-state index contributed by atoms with van der Waals surface area (Å²) in [6.07, 6.45) is -2.35. The summed E-state index contributed by atoms with van der Waals surface area (Å²) in [6, 6.07) is 5.19. The van der Waals surface area contributed by atoms with Gasteiger partial charge >= 0.3 is 6.18 Å². The second-order valence-electron chi connectivity index (χ2n) is 4.86. The number of aryl methyl sites for hydroxylation is 1. The molecule has 0 unspecified atom stereocenters. The number of thioether (sulfide) groups is 1. The van der Waals surface area contributed by atoms with E-state index in [0.29, 0.717) is 18.1 Å². The highest BCUT2D eigenvalue weighted by Crippen LogP contribution is 2.23. The van der Waals surface area contributed by atoms with E-state index < -0.39 is 12.8 Å². The van der Waals surface area contributed by atoms with E-state index in [1.54, 1.807) is 37.9 Å². The molecule has 0 amide bonds. The fourth-order valence-electron chi connectivity index (χ4n) is 1.77. The molecular formula is C15H22F3N3OS. The standard InChI is InChI=1S/C15H22F3N3OS/c1-11-4-5-12(13(8-11)22-10-15(16,17)18)9-21-14(19-2)20-6-7-23-3/h4-5,8H,6-7,9-10H2,1-3H3,(H2,19,20,21). The number of guanidine groups is 1. The first-order valence-electron chi connectivity index (χ1n) is 7.08. The van der Waals surface area contributed by atoms with Crippen molar-refractivity contribution in [2.45, 2.75) is 19.6 Å². The highest BCUT2D eigenvalue weighted by atomic mass is 32.2.